The first kappa shape index (κ1) is 27.3. The molecule has 0 saturated heterocycles. The summed E-state index contributed by atoms with van der Waals surface area (Å²) in [6, 6.07) is 0. The summed E-state index contributed by atoms with van der Waals surface area (Å²) >= 11 is 0. The van der Waals surface area contributed by atoms with Crippen molar-refractivity contribution in [3.8, 4) is 0 Å². The molecule has 9 heteroatoms. The summed E-state index contributed by atoms with van der Waals surface area (Å²) in [6.45, 7) is 9.37. The van der Waals surface area contributed by atoms with Crippen LogP contribution in [0.5, 0.6) is 0 Å². The van der Waals surface area contributed by atoms with E-state index in [1.807, 2.05) is 20.8 Å². The third kappa shape index (κ3) is 14.9. The summed E-state index contributed by atoms with van der Waals surface area (Å²) in [6.07, 6.45) is 6.75. The fraction of sp³-hybridized carbons (Fsp3) is 1.00. The molecular weight excluding hydrogens is 390 g/mol. The van der Waals surface area contributed by atoms with E-state index in [2.05, 4.69) is 6.92 Å². The molecule has 0 rings (SSSR count). The van der Waals surface area contributed by atoms with E-state index in [1.54, 1.807) is 0 Å². The molecule has 0 aliphatic rings. The Morgan fingerprint density at radius 2 is 0.963 bits per heavy atom. The topological polar surface area (TPSA) is 80.3 Å². The van der Waals surface area contributed by atoms with Gasteiger partial charge in [0.25, 0.3) is 0 Å². The molecule has 0 heterocycles. The van der Waals surface area contributed by atoms with Crippen molar-refractivity contribution in [2.75, 3.05) is 39.1 Å². The lowest BCUT2D eigenvalue weighted by atomic mass is 10.2. The van der Waals surface area contributed by atoms with Crippen LogP contribution < -0.4 is 0 Å². The van der Waals surface area contributed by atoms with Gasteiger partial charge in [0.05, 0.1) is 26.4 Å². The zero-order valence-electron chi connectivity index (χ0n) is 17.7. The van der Waals surface area contributed by atoms with Crippen LogP contribution in [0.15, 0.2) is 0 Å². The van der Waals surface area contributed by atoms with Gasteiger partial charge in [0.1, 0.15) is 12.7 Å². The maximum absolute atomic E-state index is 12.8. The van der Waals surface area contributed by atoms with Crippen LogP contribution >= 0.6 is 15.2 Å². The number of rotatable bonds is 20. The zero-order chi connectivity index (χ0) is 20.4. The summed E-state index contributed by atoms with van der Waals surface area (Å²) in [5, 5.41) is 0. The smallest absolute Gasteiger partial charge is 0.356 e. The van der Waals surface area contributed by atoms with Gasteiger partial charge in [-0.05, 0) is 25.7 Å². The van der Waals surface area contributed by atoms with Crippen LogP contribution in [0.2, 0.25) is 0 Å². The Morgan fingerprint density at radius 3 is 1.41 bits per heavy atom. The molecule has 0 N–H and O–H groups in total. The largest absolute Gasteiger partial charge is 0.356 e. The second kappa shape index (κ2) is 17.1. The van der Waals surface area contributed by atoms with E-state index in [0.717, 1.165) is 51.4 Å². The van der Waals surface area contributed by atoms with Crippen LogP contribution in [-0.2, 0) is 32.0 Å². The third-order valence-corrected chi connectivity index (χ3v) is 6.86. The highest BCUT2D eigenvalue weighted by atomic mass is 31.2. The molecule has 0 amide bonds. The Balaban J connectivity index is 4.56. The molecule has 7 nitrogen and oxygen atoms in total. The summed E-state index contributed by atoms with van der Waals surface area (Å²) in [5.41, 5.74) is 0. The van der Waals surface area contributed by atoms with Gasteiger partial charge in [-0.3, -0.25) is 9.13 Å². The average Bonchev–Trinajstić information content (AvgIpc) is 2.65. The third-order valence-electron chi connectivity index (χ3n) is 3.55. The second-order valence-corrected chi connectivity index (χ2v) is 10.4. The lowest BCUT2D eigenvalue weighted by molar-refractivity contribution is 0.124. The first-order chi connectivity index (χ1) is 12.9. The predicted molar refractivity (Wildman–Crippen MR) is 109 cm³/mol. The lowest BCUT2D eigenvalue weighted by Gasteiger charge is -2.21. The molecule has 0 spiro atoms. The predicted octanol–water partition coefficient (Wildman–Crippen LogP) is 6.57. The number of unbranched alkanes of at least 4 members (excludes halogenated alkanes) is 4. The first-order valence-corrected chi connectivity index (χ1v) is 13.7. The van der Waals surface area contributed by atoms with Crippen molar-refractivity contribution in [1.82, 2.24) is 0 Å². The van der Waals surface area contributed by atoms with Gasteiger partial charge in [-0.1, -0.05) is 53.4 Å². The zero-order valence-corrected chi connectivity index (χ0v) is 19.4. The molecule has 27 heavy (non-hydrogen) atoms. The Labute approximate surface area is 165 Å². The molecule has 0 saturated carbocycles. The molecule has 0 aromatic carbocycles. The fourth-order valence-corrected chi connectivity index (χ4v) is 4.99. The highest BCUT2D eigenvalue weighted by Crippen LogP contribution is 2.52. The van der Waals surface area contributed by atoms with Crippen molar-refractivity contribution in [3.05, 3.63) is 0 Å². The molecule has 0 aromatic heterocycles. The molecule has 0 aromatic rings. The molecular formula is C18H40O7P2. The normalized spacial score (nSPS) is 16.1. The van der Waals surface area contributed by atoms with Crippen LogP contribution in [0, 0.1) is 0 Å². The quantitative estimate of drug-likeness (QED) is 0.160. The standard InChI is InChI=1S/C18H40O7P2/c1-5-9-11-12-16-25-27(20,23-14-8-4)18-21-17-26(19,22-13-7-3)24-15-10-6-2/h5-18H2,1-4H3. The maximum Gasteiger partial charge on any atom is 0.356 e. The summed E-state index contributed by atoms with van der Waals surface area (Å²) in [5.74, 6) is 0. The van der Waals surface area contributed by atoms with E-state index < -0.39 is 15.2 Å². The van der Waals surface area contributed by atoms with Gasteiger partial charge in [-0.15, -0.1) is 0 Å². The highest BCUT2D eigenvalue weighted by molar-refractivity contribution is 7.54. The minimum Gasteiger partial charge on any atom is -0.356 e. The molecule has 0 radical (unpaired) electrons. The minimum absolute atomic E-state index is 0.253. The van der Waals surface area contributed by atoms with E-state index in [4.69, 9.17) is 22.8 Å². The van der Waals surface area contributed by atoms with Gasteiger partial charge < -0.3 is 22.8 Å². The Kier molecular flexibility index (Phi) is 17.3. The summed E-state index contributed by atoms with van der Waals surface area (Å²) in [4.78, 5) is 0. The molecule has 0 fully saturated rings. The molecule has 2 unspecified atom stereocenters. The molecule has 0 aliphatic carbocycles. The number of hydrogen-bond acceptors (Lipinski definition) is 7. The summed E-state index contributed by atoms with van der Waals surface area (Å²) in [7, 11) is -6.76. The van der Waals surface area contributed by atoms with Crippen molar-refractivity contribution in [2.45, 2.75) is 79.1 Å². The Morgan fingerprint density at radius 1 is 0.519 bits per heavy atom. The second-order valence-electron chi connectivity index (χ2n) is 6.43. The van der Waals surface area contributed by atoms with Crippen molar-refractivity contribution >= 4 is 15.2 Å². The highest BCUT2D eigenvalue weighted by Gasteiger charge is 2.30. The van der Waals surface area contributed by atoms with Crippen LogP contribution in [-0.4, -0.2) is 39.1 Å². The first-order valence-electron chi connectivity index (χ1n) is 10.3. The van der Waals surface area contributed by atoms with Gasteiger partial charge in [0.2, 0.25) is 0 Å². The molecule has 0 bridgehead atoms. The van der Waals surface area contributed by atoms with Gasteiger partial charge >= 0.3 is 15.2 Å². The van der Waals surface area contributed by atoms with E-state index in [0.29, 0.717) is 26.4 Å². The Hall–Kier alpha value is 0.260. The van der Waals surface area contributed by atoms with E-state index in [1.165, 1.54) is 0 Å². The molecule has 0 aliphatic heterocycles. The van der Waals surface area contributed by atoms with Crippen molar-refractivity contribution in [2.24, 2.45) is 0 Å². The average molecular weight is 430 g/mol. The molecule has 164 valence electrons. The van der Waals surface area contributed by atoms with E-state index in [9.17, 15) is 9.13 Å². The maximum atomic E-state index is 12.8. The van der Waals surface area contributed by atoms with E-state index >= 15 is 0 Å². The Bertz CT molecular complexity index is 432. The fourth-order valence-electron chi connectivity index (χ4n) is 2.03. The SMILES string of the molecule is CCCCCCOP(=O)(COCP(=O)(OCCC)OCCCC)OCCC. The minimum atomic E-state index is -3.38. The van der Waals surface area contributed by atoms with Crippen LogP contribution in [0.25, 0.3) is 0 Å². The van der Waals surface area contributed by atoms with Crippen molar-refractivity contribution in [3.63, 3.8) is 0 Å². The van der Waals surface area contributed by atoms with Gasteiger partial charge in [0, 0.05) is 0 Å². The lowest BCUT2D eigenvalue weighted by Crippen LogP contribution is -2.09. The van der Waals surface area contributed by atoms with Gasteiger partial charge in [-0.25, -0.2) is 0 Å². The number of ether oxygens (including phenoxy) is 1. The molecule has 2 atom stereocenters. The van der Waals surface area contributed by atoms with Crippen LogP contribution in [0.1, 0.15) is 79.1 Å². The van der Waals surface area contributed by atoms with Gasteiger partial charge in [0.15, 0.2) is 0 Å². The van der Waals surface area contributed by atoms with Crippen molar-refractivity contribution in [1.29, 1.82) is 0 Å². The van der Waals surface area contributed by atoms with E-state index in [-0.39, 0.29) is 12.7 Å². The van der Waals surface area contributed by atoms with Gasteiger partial charge in [-0.2, -0.15) is 0 Å². The van der Waals surface area contributed by atoms with Crippen LogP contribution in [0.3, 0.4) is 0 Å². The van der Waals surface area contributed by atoms with Crippen molar-refractivity contribution < 1.29 is 32.0 Å². The monoisotopic (exact) mass is 430 g/mol. The van der Waals surface area contributed by atoms with Crippen LogP contribution in [0.4, 0.5) is 0 Å². The number of hydrogen-bond donors (Lipinski definition) is 0. The summed E-state index contributed by atoms with van der Waals surface area (Å²) < 4.78 is 52.7.